The third kappa shape index (κ3) is 5.38. The highest BCUT2D eigenvalue weighted by Gasteiger charge is 2.70. The molecule has 0 N–H and O–H groups in total. The largest absolute Gasteiger partial charge is 0.462 e. The number of rotatable bonds is 8. The van der Waals surface area contributed by atoms with Gasteiger partial charge in [0.25, 0.3) is 0 Å². The monoisotopic (exact) mass is 546 g/mol. The number of ether oxygens (including phenoxy) is 2. The van der Waals surface area contributed by atoms with E-state index in [0.717, 1.165) is 25.2 Å². The predicted molar refractivity (Wildman–Crippen MR) is 149 cm³/mol. The molecule has 4 fully saturated rings. The van der Waals surface area contributed by atoms with Crippen molar-refractivity contribution in [3.63, 3.8) is 0 Å². The minimum atomic E-state index is -1.23. The van der Waals surface area contributed by atoms with Crippen LogP contribution < -0.4 is 0 Å². The van der Waals surface area contributed by atoms with Crippen molar-refractivity contribution in [2.45, 2.75) is 131 Å². The van der Waals surface area contributed by atoms with Crippen LogP contribution >= 0.6 is 0 Å². The molecule has 0 amide bonds. The molecule has 4 aliphatic carbocycles. The summed E-state index contributed by atoms with van der Waals surface area (Å²) < 4.78 is 11.8. The number of nitrogens with zero attached hydrogens (tertiary/aromatic N) is 2. The molecule has 4 aliphatic rings. The molecule has 8 nitrogen and oxygen atoms in total. The zero-order valence-corrected chi connectivity index (χ0v) is 25.2. The Balaban J connectivity index is 1.69. The summed E-state index contributed by atoms with van der Waals surface area (Å²) in [5.41, 5.74) is -1.16. The van der Waals surface area contributed by atoms with Crippen LogP contribution in [0, 0.1) is 56.5 Å². The van der Waals surface area contributed by atoms with E-state index in [1.165, 1.54) is 39.5 Å². The van der Waals surface area contributed by atoms with Crippen molar-refractivity contribution in [2.24, 2.45) is 51.4 Å². The molecule has 0 aromatic heterocycles. The quantitative estimate of drug-likeness (QED) is 0.185. The first-order valence-electron chi connectivity index (χ1n) is 15.3. The standard InChI is InChI=1S/C31H50N2O6/c1-19(2)9-8-10-20(3)25-11-12-26-24-17-28(32-33(36)37)31(39-22(5)35)18-23(38-21(4)34)13-16-30(31,7)27(24)14-15-29(25,26)6/h19-20,23-27H,8-18H2,1-7H3/b32-28+/t20-,23+,24?,25?,26?,27?,29-,30-,31+/m1/s1. The van der Waals surface area contributed by atoms with E-state index in [4.69, 9.17) is 9.47 Å². The highest BCUT2D eigenvalue weighted by atomic mass is 16.7. The van der Waals surface area contributed by atoms with Crippen molar-refractivity contribution < 1.29 is 24.1 Å². The van der Waals surface area contributed by atoms with E-state index >= 15 is 0 Å². The third-order valence-corrected chi connectivity index (χ3v) is 11.6. The number of carbonyl (C=O) groups is 2. The van der Waals surface area contributed by atoms with E-state index in [9.17, 15) is 19.7 Å². The highest BCUT2D eigenvalue weighted by molar-refractivity contribution is 5.96. The van der Waals surface area contributed by atoms with Gasteiger partial charge >= 0.3 is 11.9 Å². The fourth-order valence-electron chi connectivity index (χ4n) is 10.0. The zero-order valence-electron chi connectivity index (χ0n) is 25.2. The second-order valence-electron chi connectivity index (χ2n) is 14.2. The van der Waals surface area contributed by atoms with E-state index in [-0.39, 0.29) is 23.7 Å². The summed E-state index contributed by atoms with van der Waals surface area (Å²) in [7, 11) is 0. The van der Waals surface area contributed by atoms with Gasteiger partial charge < -0.3 is 9.47 Å². The summed E-state index contributed by atoms with van der Waals surface area (Å²) in [4.78, 5) is 36.3. The maximum absolute atomic E-state index is 12.5. The van der Waals surface area contributed by atoms with E-state index in [1.807, 2.05) is 0 Å². The average Bonchev–Trinajstić information content (AvgIpc) is 3.16. The van der Waals surface area contributed by atoms with Crippen LogP contribution in [0.4, 0.5) is 0 Å². The van der Waals surface area contributed by atoms with Gasteiger partial charge in [-0.15, -0.1) is 0 Å². The number of carbonyl (C=O) groups excluding carboxylic acids is 2. The Labute approximate surface area is 234 Å². The topological polar surface area (TPSA) is 108 Å². The van der Waals surface area contributed by atoms with E-state index < -0.39 is 34.1 Å². The summed E-state index contributed by atoms with van der Waals surface area (Å²) >= 11 is 0. The summed E-state index contributed by atoms with van der Waals surface area (Å²) in [5, 5.41) is 15.2. The van der Waals surface area contributed by atoms with Crippen molar-refractivity contribution in [1.82, 2.24) is 0 Å². The van der Waals surface area contributed by atoms with Gasteiger partial charge in [0.2, 0.25) is 0 Å². The first kappa shape index (κ1) is 30.0. The molecular formula is C31H50N2O6. The van der Waals surface area contributed by atoms with Gasteiger partial charge in [-0.25, -0.2) is 10.1 Å². The van der Waals surface area contributed by atoms with Crippen molar-refractivity contribution in [3.05, 3.63) is 10.1 Å². The molecule has 9 atom stereocenters. The Morgan fingerprint density at radius 3 is 2.36 bits per heavy atom. The summed E-state index contributed by atoms with van der Waals surface area (Å²) in [6.45, 7) is 14.4. The number of esters is 2. The molecule has 0 radical (unpaired) electrons. The van der Waals surface area contributed by atoms with Crippen molar-refractivity contribution in [3.8, 4) is 0 Å². The molecule has 0 saturated heterocycles. The number of hydrogen-bond donors (Lipinski definition) is 0. The number of hydrogen-bond acceptors (Lipinski definition) is 6. The molecule has 220 valence electrons. The molecule has 0 heterocycles. The molecule has 0 aliphatic heterocycles. The van der Waals surface area contributed by atoms with Crippen LogP contribution in [0.15, 0.2) is 5.10 Å². The molecule has 4 saturated carbocycles. The van der Waals surface area contributed by atoms with E-state index in [2.05, 4.69) is 39.7 Å². The van der Waals surface area contributed by atoms with Gasteiger partial charge in [-0.3, -0.25) is 9.59 Å². The molecule has 39 heavy (non-hydrogen) atoms. The lowest BCUT2D eigenvalue weighted by atomic mass is 9.42. The van der Waals surface area contributed by atoms with Gasteiger partial charge in [0.15, 0.2) is 10.6 Å². The third-order valence-electron chi connectivity index (χ3n) is 11.6. The number of fused-ring (bicyclic) bond motifs is 5. The van der Waals surface area contributed by atoms with Crippen LogP contribution in [0.3, 0.4) is 0 Å². The van der Waals surface area contributed by atoms with Gasteiger partial charge in [-0.1, -0.05) is 53.9 Å². The van der Waals surface area contributed by atoms with E-state index in [0.29, 0.717) is 42.7 Å². The maximum Gasteiger partial charge on any atom is 0.303 e. The van der Waals surface area contributed by atoms with Gasteiger partial charge in [0, 0.05) is 25.7 Å². The van der Waals surface area contributed by atoms with Crippen molar-refractivity contribution >= 4 is 17.7 Å². The molecular weight excluding hydrogens is 496 g/mol. The normalized spacial score (nSPS) is 41.3. The Morgan fingerprint density at radius 1 is 1.03 bits per heavy atom. The first-order valence-corrected chi connectivity index (χ1v) is 15.3. The summed E-state index contributed by atoms with van der Waals surface area (Å²) in [6.07, 6.45) is 9.91. The smallest absolute Gasteiger partial charge is 0.303 e. The van der Waals surface area contributed by atoms with Crippen LogP contribution in [0.2, 0.25) is 0 Å². The molecule has 0 bridgehead atoms. The SMILES string of the molecule is CC(=O)O[C@H]1CC[C@]2(C)C3CC[C@@]4(C)C(CCC4[C@H](C)CCCC(C)C)C3C/C(=N\[N+](=O)[O-])[C@@]2(OC(C)=O)C1. The molecule has 4 unspecified atom stereocenters. The molecule has 0 spiro atoms. The minimum absolute atomic E-state index is 0.213. The zero-order chi connectivity index (χ0) is 28.8. The summed E-state index contributed by atoms with van der Waals surface area (Å²) in [6, 6.07) is 0. The summed E-state index contributed by atoms with van der Waals surface area (Å²) in [5.74, 6) is 2.22. The van der Waals surface area contributed by atoms with Crippen molar-refractivity contribution in [2.75, 3.05) is 0 Å². The van der Waals surface area contributed by atoms with Crippen LogP contribution in [0.1, 0.15) is 119 Å². The molecule has 8 heteroatoms. The lowest BCUT2D eigenvalue weighted by Crippen LogP contribution is -2.69. The number of hydrazone groups is 1. The van der Waals surface area contributed by atoms with Gasteiger partial charge in [-0.05, 0) is 85.9 Å². The lowest BCUT2D eigenvalue weighted by molar-refractivity contribution is -0.486. The Kier molecular flexibility index (Phi) is 8.55. The molecule has 4 rings (SSSR count). The second kappa shape index (κ2) is 11.1. The second-order valence-corrected chi connectivity index (χ2v) is 14.2. The van der Waals surface area contributed by atoms with Crippen LogP contribution in [0.5, 0.6) is 0 Å². The lowest BCUT2D eigenvalue weighted by Gasteiger charge is -2.64. The molecule has 0 aromatic carbocycles. The Bertz CT molecular complexity index is 996. The van der Waals surface area contributed by atoms with Crippen LogP contribution in [-0.2, 0) is 19.1 Å². The van der Waals surface area contributed by atoms with Gasteiger partial charge in [0.05, 0.1) is 5.10 Å². The van der Waals surface area contributed by atoms with Crippen molar-refractivity contribution in [1.29, 1.82) is 0 Å². The number of nitro groups is 1. The first-order chi connectivity index (χ1) is 18.2. The fraction of sp³-hybridized carbons (Fsp3) is 0.903. The van der Waals surface area contributed by atoms with Crippen LogP contribution in [-0.4, -0.2) is 34.4 Å². The van der Waals surface area contributed by atoms with Gasteiger partial charge in [0.1, 0.15) is 11.8 Å². The van der Waals surface area contributed by atoms with Crippen LogP contribution in [0.25, 0.3) is 0 Å². The maximum atomic E-state index is 12.5. The predicted octanol–water partition coefficient (Wildman–Crippen LogP) is 6.97. The Morgan fingerprint density at radius 2 is 1.74 bits per heavy atom. The fourth-order valence-corrected chi connectivity index (χ4v) is 10.0. The average molecular weight is 547 g/mol. The highest BCUT2D eigenvalue weighted by Crippen LogP contribution is 2.69. The molecule has 0 aromatic rings. The van der Waals surface area contributed by atoms with E-state index in [1.54, 1.807) is 0 Å². The minimum Gasteiger partial charge on any atom is -0.462 e. The Hall–Kier alpha value is -1.99. The van der Waals surface area contributed by atoms with Gasteiger partial charge in [-0.2, -0.15) is 0 Å².